The van der Waals surface area contributed by atoms with Gasteiger partial charge in [-0.2, -0.15) is 15.0 Å². The first kappa shape index (κ1) is 11.0. The maximum Gasteiger partial charge on any atom is 0.326 e. The van der Waals surface area contributed by atoms with Gasteiger partial charge in [-0.05, 0) is 12.1 Å². The van der Waals surface area contributed by atoms with Gasteiger partial charge in [0.05, 0.1) is 0 Å². The molecule has 0 fully saturated rings. The van der Waals surface area contributed by atoms with Gasteiger partial charge in [0.25, 0.3) is 0 Å². The molecule has 0 saturated heterocycles. The van der Waals surface area contributed by atoms with Crippen molar-refractivity contribution in [1.29, 1.82) is 0 Å². The largest absolute Gasteiger partial charge is 0.424 e. The molecule has 6 heteroatoms. The van der Waals surface area contributed by atoms with Gasteiger partial charge in [-0.1, -0.05) is 18.2 Å². The molecule has 0 spiro atoms. The van der Waals surface area contributed by atoms with E-state index in [4.69, 9.17) is 4.74 Å². The quantitative estimate of drug-likeness (QED) is 0.695. The van der Waals surface area contributed by atoms with Gasteiger partial charge in [0.15, 0.2) is 7.66 Å². The number of hydrogen-bond donors (Lipinski definition) is 0. The maximum atomic E-state index is 5.47. The van der Waals surface area contributed by atoms with Crippen LogP contribution in [0.5, 0.6) is 11.8 Å². The number of halogens is 2. The van der Waals surface area contributed by atoms with Gasteiger partial charge in [-0.15, -0.1) is 0 Å². The Morgan fingerprint density at radius 1 is 0.867 bits per heavy atom. The highest BCUT2D eigenvalue weighted by molar-refractivity contribution is 14.1. The fourth-order valence-corrected chi connectivity index (χ4v) is 2.28. The molecule has 0 unspecified atom stereocenters. The van der Waals surface area contributed by atoms with Crippen LogP contribution in [0.2, 0.25) is 0 Å². The summed E-state index contributed by atoms with van der Waals surface area (Å²) in [5.74, 6) is 0.718. The Bertz CT molecular complexity index is 444. The molecule has 0 aliphatic carbocycles. The summed E-state index contributed by atoms with van der Waals surface area (Å²) < 4.78 is 6.71. The average molecular weight is 425 g/mol. The summed E-state index contributed by atoms with van der Waals surface area (Å²) in [6.45, 7) is 0. The van der Waals surface area contributed by atoms with Crippen molar-refractivity contribution in [1.82, 2.24) is 15.0 Å². The highest BCUT2D eigenvalue weighted by atomic mass is 127. The highest BCUT2D eigenvalue weighted by Crippen LogP contribution is 2.17. The number of hydrogen-bond acceptors (Lipinski definition) is 4. The van der Waals surface area contributed by atoms with Gasteiger partial charge in [0.2, 0.25) is 0 Å². The summed E-state index contributed by atoms with van der Waals surface area (Å²) in [7, 11) is 0. The van der Waals surface area contributed by atoms with E-state index in [-0.39, 0.29) is 0 Å². The van der Waals surface area contributed by atoms with Crippen molar-refractivity contribution in [3.8, 4) is 11.8 Å². The van der Waals surface area contributed by atoms with Crippen molar-refractivity contribution in [2.24, 2.45) is 0 Å². The van der Waals surface area contributed by atoms with Crippen LogP contribution in [0.1, 0.15) is 0 Å². The molecule has 0 N–H and O–H groups in total. The van der Waals surface area contributed by atoms with Crippen molar-refractivity contribution in [3.05, 3.63) is 38.0 Å². The van der Waals surface area contributed by atoms with Crippen molar-refractivity contribution in [2.75, 3.05) is 0 Å². The molecule has 1 aromatic heterocycles. The van der Waals surface area contributed by atoms with E-state index in [1.165, 1.54) is 0 Å². The Morgan fingerprint density at radius 2 is 1.47 bits per heavy atom. The van der Waals surface area contributed by atoms with Crippen molar-refractivity contribution < 1.29 is 4.74 Å². The van der Waals surface area contributed by atoms with Crippen LogP contribution in [0.3, 0.4) is 0 Å². The van der Waals surface area contributed by atoms with Crippen molar-refractivity contribution in [2.45, 2.75) is 0 Å². The molecule has 0 aliphatic heterocycles. The number of rotatable bonds is 2. The molecule has 0 amide bonds. The zero-order chi connectivity index (χ0) is 10.7. The Balaban J connectivity index is 2.25. The first-order valence-corrected chi connectivity index (χ1v) is 6.20. The lowest BCUT2D eigenvalue weighted by molar-refractivity contribution is 0.435. The molecule has 0 bridgehead atoms. The predicted molar refractivity (Wildman–Crippen MR) is 71.8 cm³/mol. The van der Waals surface area contributed by atoms with Gasteiger partial charge >= 0.3 is 6.01 Å². The first-order valence-electron chi connectivity index (χ1n) is 4.04. The van der Waals surface area contributed by atoms with Gasteiger partial charge < -0.3 is 4.74 Å². The summed E-state index contributed by atoms with van der Waals surface area (Å²) in [4.78, 5) is 12.2. The summed E-state index contributed by atoms with van der Waals surface area (Å²) in [6.07, 6.45) is 0. The van der Waals surface area contributed by atoms with Crippen LogP contribution in [0, 0.1) is 7.66 Å². The second-order valence-electron chi connectivity index (χ2n) is 2.57. The highest BCUT2D eigenvalue weighted by Gasteiger charge is 2.04. The maximum absolute atomic E-state index is 5.47. The fourth-order valence-electron chi connectivity index (χ4n) is 0.949. The van der Waals surface area contributed by atoms with Gasteiger partial charge in [0, 0.05) is 45.2 Å². The third-order valence-corrected chi connectivity index (χ3v) is 2.48. The Morgan fingerprint density at radius 3 is 2.07 bits per heavy atom. The van der Waals surface area contributed by atoms with E-state index in [9.17, 15) is 0 Å². The van der Waals surface area contributed by atoms with Gasteiger partial charge in [-0.25, -0.2) is 0 Å². The van der Waals surface area contributed by atoms with Gasteiger partial charge in [-0.3, -0.25) is 0 Å². The molecular weight excluding hydrogens is 420 g/mol. The molecular formula is C9H5I2N3O. The lowest BCUT2D eigenvalue weighted by atomic mass is 10.3. The van der Waals surface area contributed by atoms with Crippen LogP contribution in [0.15, 0.2) is 30.3 Å². The molecule has 76 valence electrons. The third-order valence-electron chi connectivity index (χ3n) is 1.51. The van der Waals surface area contributed by atoms with Crippen LogP contribution in [-0.4, -0.2) is 15.0 Å². The normalized spacial score (nSPS) is 10.0. The minimum absolute atomic E-state index is 0.324. The number of aromatic nitrogens is 3. The summed E-state index contributed by atoms with van der Waals surface area (Å²) in [6, 6.07) is 9.74. The Labute approximate surface area is 114 Å². The third kappa shape index (κ3) is 3.23. The van der Waals surface area contributed by atoms with E-state index in [2.05, 4.69) is 15.0 Å². The Hall–Kier alpha value is -0.510. The fraction of sp³-hybridized carbons (Fsp3) is 0. The summed E-state index contributed by atoms with van der Waals surface area (Å²) in [5, 5.41) is 0. The van der Waals surface area contributed by atoms with Crippen molar-refractivity contribution in [3.63, 3.8) is 0 Å². The van der Waals surface area contributed by atoms with E-state index in [1.807, 2.05) is 75.5 Å². The number of ether oxygens (including phenoxy) is 1. The van der Waals surface area contributed by atoms with E-state index < -0.39 is 0 Å². The number of para-hydroxylation sites is 1. The van der Waals surface area contributed by atoms with Crippen LogP contribution < -0.4 is 4.74 Å². The summed E-state index contributed by atoms with van der Waals surface area (Å²) >= 11 is 4.05. The molecule has 1 aromatic carbocycles. The second-order valence-corrected chi connectivity index (χ2v) is 4.50. The van der Waals surface area contributed by atoms with Crippen LogP contribution in [-0.2, 0) is 0 Å². The SMILES string of the molecule is Ic1nc(I)nc(Oc2ccccc2)n1. The van der Waals surface area contributed by atoms with E-state index >= 15 is 0 Å². The molecule has 1 heterocycles. The van der Waals surface area contributed by atoms with Gasteiger partial charge in [0.1, 0.15) is 5.75 Å². The van der Waals surface area contributed by atoms with E-state index in [0.717, 1.165) is 5.75 Å². The first-order chi connectivity index (χ1) is 7.24. The number of benzene rings is 1. The second kappa shape index (κ2) is 5.01. The minimum atomic E-state index is 0.324. The molecule has 0 aliphatic rings. The van der Waals surface area contributed by atoms with Crippen molar-refractivity contribution >= 4 is 45.2 Å². The molecule has 0 saturated carbocycles. The Kier molecular flexibility index (Phi) is 3.67. The monoisotopic (exact) mass is 425 g/mol. The molecule has 2 aromatic rings. The van der Waals surface area contributed by atoms with Crippen LogP contribution >= 0.6 is 45.2 Å². The minimum Gasteiger partial charge on any atom is -0.424 e. The van der Waals surface area contributed by atoms with Crippen LogP contribution in [0.4, 0.5) is 0 Å². The topological polar surface area (TPSA) is 47.9 Å². The zero-order valence-electron chi connectivity index (χ0n) is 7.39. The predicted octanol–water partition coefficient (Wildman–Crippen LogP) is 2.87. The average Bonchev–Trinajstić information content (AvgIpc) is 2.17. The van der Waals surface area contributed by atoms with E-state index in [1.54, 1.807) is 0 Å². The molecule has 15 heavy (non-hydrogen) atoms. The number of nitrogens with zero attached hydrogens (tertiary/aromatic N) is 3. The molecule has 2 rings (SSSR count). The lowest BCUT2D eigenvalue weighted by Crippen LogP contribution is -1.99. The smallest absolute Gasteiger partial charge is 0.326 e. The molecule has 0 radical (unpaired) electrons. The standard InChI is InChI=1S/C9H5I2N3O/c10-7-12-8(11)14-9(13-7)15-6-4-2-1-3-5-6/h1-5H. The molecule has 4 nitrogen and oxygen atoms in total. The molecule has 0 atom stereocenters. The van der Waals surface area contributed by atoms with E-state index in [0.29, 0.717) is 13.7 Å². The zero-order valence-corrected chi connectivity index (χ0v) is 11.7. The summed E-state index contributed by atoms with van der Waals surface area (Å²) in [5.41, 5.74) is 0. The van der Waals surface area contributed by atoms with Crippen LogP contribution in [0.25, 0.3) is 0 Å². The lowest BCUT2D eigenvalue weighted by Gasteiger charge is -2.02.